The fraction of sp³-hybridized carbons (Fsp3) is 0.421. The van der Waals surface area contributed by atoms with Crippen molar-refractivity contribution in [1.82, 2.24) is 4.98 Å². The molecule has 0 aliphatic carbocycles. The monoisotopic (exact) mass is 301 g/mol. The van der Waals surface area contributed by atoms with Gasteiger partial charge in [0, 0.05) is 11.9 Å². The van der Waals surface area contributed by atoms with Crippen LogP contribution in [0.2, 0.25) is 0 Å². The lowest BCUT2D eigenvalue weighted by Gasteiger charge is -2.15. The molecule has 118 valence electrons. The van der Waals surface area contributed by atoms with E-state index in [1.807, 2.05) is 25.1 Å². The average molecular weight is 301 g/mol. The molecule has 0 spiro atoms. The third-order valence-electron chi connectivity index (χ3n) is 3.56. The Labute approximate surface area is 132 Å². The minimum Gasteiger partial charge on any atom is -0.490 e. The molecule has 2 aromatic rings. The van der Waals surface area contributed by atoms with Crippen LogP contribution < -0.4 is 4.74 Å². The molecule has 0 aliphatic rings. The Balaban J connectivity index is 2.07. The molecule has 1 aromatic carbocycles. The standard InChI is InChI=1S/C19H24FNO/c1-13(2)9-14(3)12-22-19-6-5-16(11-18(19)20)17-7-8-21-15(4)10-17/h5-8,10-11,13-14H,9,12H2,1-4H3. The van der Waals surface area contributed by atoms with Crippen LogP contribution in [0.3, 0.4) is 0 Å². The molecule has 0 amide bonds. The third-order valence-corrected chi connectivity index (χ3v) is 3.56. The molecule has 0 saturated heterocycles. The molecule has 1 atom stereocenters. The minimum absolute atomic E-state index is 0.316. The molecular formula is C19H24FNO. The first-order valence-electron chi connectivity index (χ1n) is 7.81. The Morgan fingerprint density at radius 3 is 2.45 bits per heavy atom. The van der Waals surface area contributed by atoms with Gasteiger partial charge in [-0.15, -0.1) is 0 Å². The lowest BCUT2D eigenvalue weighted by molar-refractivity contribution is 0.230. The second kappa shape index (κ2) is 7.39. The van der Waals surface area contributed by atoms with Crippen LogP contribution in [-0.2, 0) is 0 Å². The zero-order valence-corrected chi connectivity index (χ0v) is 13.8. The van der Waals surface area contributed by atoms with E-state index in [-0.39, 0.29) is 5.82 Å². The van der Waals surface area contributed by atoms with Crippen molar-refractivity contribution in [3.05, 3.63) is 48.0 Å². The van der Waals surface area contributed by atoms with Gasteiger partial charge < -0.3 is 4.74 Å². The number of hydrogen-bond donors (Lipinski definition) is 0. The lowest BCUT2D eigenvalue weighted by Crippen LogP contribution is -2.11. The first kappa shape index (κ1) is 16.5. The van der Waals surface area contributed by atoms with Gasteiger partial charge in [-0.05, 0) is 60.6 Å². The molecule has 2 rings (SSSR count). The summed E-state index contributed by atoms with van der Waals surface area (Å²) in [6.07, 6.45) is 2.82. The Morgan fingerprint density at radius 2 is 1.82 bits per heavy atom. The van der Waals surface area contributed by atoms with Crippen molar-refractivity contribution < 1.29 is 9.13 Å². The molecule has 0 saturated carbocycles. The van der Waals surface area contributed by atoms with Gasteiger partial charge in [0.1, 0.15) is 0 Å². The highest BCUT2D eigenvalue weighted by atomic mass is 19.1. The van der Waals surface area contributed by atoms with Crippen LogP contribution in [0.5, 0.6) is 5.75 Å². The van der Waals surface area contributed by atoms with Crippen molar-refractivity contribution >= 4 is 0 Å². The molecular weight excluding hydrogens is 277 g/mol. The number of aromatic nitrogens is 1. The van der Waals surface area contributed by atoms with Crippen molar-refractivity contribution in [2.45, 2.75) is 34.1 Å². The molecule has 0 N–H and O–H groups in total. The zero-order valence-electron chi connectivity index (χ0n) is 13.8. The Bertz CT molecular complexity index is 625. The van der Waals surface area contributed by atoms with E-state index in [4.69, 9.17) is 4.74 Å². The molecule has 2 nitrogen and oxygen atoms in total. The van der Waals surface area contributed by atoms with Gasteiger partial charge in [-0.1, -0.05) is 26.8 Å². The van der Waals surface area contributed by atoms with E-state index in [9.17, 15) is 4.39 Å². The number of nitrogens with zero attached hydrogens (tertiary/aromatic N) is 1. The van der Waals surface area contributed by atoms with Gasteiger partial charge in [0.15, 0.2) is 11.6 Å². The maximum Gasteiger partial charge on any atom is 0.165 e. The van der Waals surface area contributed by atoms with Crippen LogP contribution in [-0.4, -0.2) is 11.6 Å². The molecule has 1 aromatic heterocycles. The summed E-state index contributed by atoms with van der Waals surface area (Å²) in [4.78, 5) is 4.16. The molecule has 3 heteroatoms. The Hall–Kier alpha value is -1.90. The minimum atomic E-state index is -0.316. The fourth-order valence-electron chi connectivity index (χ4n) is 2.63. The summed E-state index contributed by atoms with van der Waals surface area (Å²) in [6, 6.07) is 8.95. The first-order valence-corrected chi connectivity index (χ1v) is 7.81. The highest BCUT2D eigenvalue weighted by Gasteiger charge is 2.10. The maximum atomic E-state index is 14.2. The van der Waals surface area contributed by atoms with Crippen LogP contribution in [0.4, 0.5) is 4.39 Å². The summed E-state index contributed by atoms with van der Waals surface area (Å²) >= 11 is 0. The summed E-state index contributed by atoms with van der Waals surface area (Å²) in [7, 11) is 0. The fourth-order valence-corrected chi connectivity index (χ4v) is 2.63. The zero-order chi connectivity index (χ0) is 16.1. The number of hydrogen-bond acceptors (Lipinski definition) is 2. The van der Waals surface area contributed by atoms with Gasteiger partial charge in [0.25, 0.3) is 0 Å². The second-order valence-corrected chi connectivity index (χ2v) is 6.38. The van der Waals surface area contributed by atoms with E-state index in [1.165, 1.54) is 6.07 Å². The first-order chi connectivity index (χ1) is 10.5. The van der Waals surface area contributed by atoms with E-state index in [1.54, 1.807) is 12.3 Å². The van der Waals surface area contributed by atoms with Crippen LogP contribution in [0.15, 0.2) is 36.5 Å². The second-order valence-electron chi connectivity index (χ2n) is 6.38. The maximum absolute atomic E-state index is 14.2. The van der Waals surface area contributed by atoms with E-state index in [2.05, 4.69) is 25.8 Å². The van der Waals surface area contributed by atoms with E-state index < -0.39 is 0 Å². The van der Waals surface area contributed by atoms with Crippen molar-refractivity contribution in [2.75, 3.05) is 6.61 Å². The predicted molar refractivity (Wildman–Crippen MR) is 88.5 cm³/mol. The van der Waals surface area contributed by atoms with Gasteiger partial charge in [-0.25, -0.2) is 4.39 Å². The average Bonchev–Trinajstić information content (AvgIpc) is 2.45. The number of pyridine rings is 1. The number of benzene rings is 1. The topological polar surface area (TPSA) is 22.1 Å². The Kier molecular flexibility index (Phi) is 5.53. The van der Waals surface area contributed by atoms with Crippen molar-refractivity contribution in [1.29, 1.82) is 0 Å². The van der Waals surface area contributed by atoms with Crippen molar-refractivity contribution in [3.63, 3.8) is 0 Å². The van der Waals surface area contributed by atoms with Gasteiger partial charge in [-0.3, -0.25) is 4.98 Å². The highest BCUT2D eigenvalue weighted by molar-refractivity contribution is 5.64. The highest BCUT2D eigenvalue weighted by Crippen LogP contribution is 2.26. The van der Waals surface area contributed by atoms with Crippen molar-refractivity contribution in [2.24, 2.45) is 11.8 Å². The van der Waals surface area contributed by atoms with Gasteiger partial charge in [0.05, 0.1) is 6.61 Å². The van der Waals surface area contributed by atoms with Crippen LogP contribution in [0, 0.1) is 24.6 Å². The van der Waals surface area contributed by atoms with Crippen LogP contribution in [0.25, 0.3) is 11.1 Å². The largest absolute Gasteiger partial charge is 0.490 e. The number of aryl methyl sites for hydroxylation is 1. The quantitative estimate of drug-likeness (QED) is 0.726. The Morgan fingerprint density at radius 1 is 1.09 bits per heavy atom. The number of rotatable bonds is 6. The van der Waals surface area contributed by atoms with Crippen LogP contribution in [0.1, 0.15) is 32.9 Å². The van der Waals surface area contributed by atoms with E-state index in [0.29, 0.717) is 24.2 Å². The summed E-state index contributed by atoms with van der Waals surface area (Å²) in [5.74, 6) is 1.05. The SMILES string of the molecule is Cc1cc(-c2ccc(OCC(C)CC(C)C)c(F)c2)ccn1. The van der Waals surface area contributed by atoms with E-state index >= 15 is 0 Å². The molecule has 1 heterocycles. The lowest BCUT2D eigenvalue weighted by atomic mass is 10.00. The summed E-state index contributed by atoms with van der Waals surface area (Å²) in [6.45, 7) is 8.97. The van der Waals surface area contributed by atoms with Crippen LogP contribution >= 0.6 is 0 Å². The summed E-state index contributed by atoms with van der Waals surface area (Å²) in [5.41, 5.74) is 2.72. The predicted octanol–water partition coefficient (Wildman–Crippen LogP) is 5.26. The van der Waals surface area contributed by atoms with Crippen molar-refractivity contribution in [3.8, 4) is 16.9 Å². The summed E-state index contributed by atoms with van der Waals surface area (Å²) in [5, 5.41) is 0. The van der Waals surface area contributed by atoms with E-state index in [0.717, 1.165) is 23.2 Å². The molecule has 0 radical (unpaired) electrons. The molecule has 1 unspecified atom stereocenters. The molecule has 0 aliphatic heterocycles. The molecule has 0 fully saturated rings. The smallest absolute Gasteiger partial charge is 0.165 e. The van der Waals surface area contributed by atoms with Gasteiger partial charge >= 0.3 is 0 Å². The number of halogens is 1. The summed E-state index contributed by atoms with van der Waals surface area (Å²) < 4.78 is 19.8. The third kappa shape index (κ3) is 4.55. The molecule has 0 bridgehead atoms. The molecule has 22 heavy (non-hydrogen) atoms. The number of ether oxygens (including phenoxy) is 1. The van der Waals surface area contributed by atoms with Gasteiger partial charge in [0.2, 0.25) is 0 Å². The van der Waals surface area contributed by atoms with Gasteiger partial charge in [-0.2, -0.15) is 0 Å². The normalized spacial score (nSPS) is 12.5.